The highest BCUT2D eigenvalue weighted by Gasteiger charge is 3.00. The Kier molecular flexibility index (Phi) is 3.34. The van der Waals surface area contributed by atoms with Crippen LogP contribution in [0.2, 0.25) is 0 Å². The van der Waals surface area contributed by atoms with Crippen molar-refractivity contribution in [1.29, 1.82) is 10.5 Å². The number of nitrogens with zero attached hydrogens (tertiary/aromatic N) is 3. The van der Waals surface area contributed by atoms with Gasteiger partial charge in [0.1, 0.15) is 17.3 Å². The minimum absolute atomic E-state index is 0.0352. The van der Waals surface area contributed by atoms with Crippen molar-refractivity contribution in [1.82, 2.24) is 0 Å². The second-order valence-electron chi connectivity index (χ2n) is 7.23. The van der Waals surface area contributed by atoms with Crippen molar-refractivity contribution in [2.45, 2.75) is 31.3 Å². The highest BCUT2D eigenvalue weighted by atomic mass is 16.8. The number of hydrogen-bond acceptors (Lipinski definition) is 8. The van der Waals surface area contributed by atoms with Crippen molar-refractivity contribution in [3.8, 4) is 23.6 Å². The molecule has 0 unspecified atom stereocenters. The molecule has 1 aromatic carbocycles. The number of hydrogen-bond donors (Lipinski definition) is 1. The number of ether oxygens (including phenoxy) is 4. The molecule has 2 heterocycles. The van der Waals surface area contributed by atoms with E-state index in [2.05, 4.69) is 17.1 Å². The van der Waals surface area contributed by atoms with Crippen LogP contribution in [0.3, 0.4) is 0 Å². The number of nitrogens with two attached hydrogens (primary N) is 1. The predicted molar refractivity (Wildman–Crippen MR) is 93.8 cm³/mol. The summed E-state index contributed by atoms with van der Waals surface area (Å²) in [5.41, 5.74) is 2.94. The molecule has 27 heavy (non-hydrogen) atoms. The summed E-state index contributed by atoms with van der Waals surface area (Å²) < 4.78 is 22.7. The van der Waals surface area contributed by atoms with Crippen LogP contribution < -0.4 is 15.2 Å². The first-order valence-corrected chi connectivity index (χ1v) is 8.56. The van der Waals surface area contributed by atoms with E-state index < -0.39 is 22.2 Å². The first-order valence-electron chi connectivity index (χ1n) is 8.56. The fraction of sp³-hybridized carbons (Fsp3) is 0.526. The van der Waals surface area contributed by atoms with Crippen LogP contribution in [0, 0.1) is 33.5 Å². The largest absolute Gasteiger partial charge is 0.497 e. The Morgan fingerprint density at radius 3 is 2.52 bits per heavy atom. The van der Waals surface area contributed by atoms with Gasteiger partial charge in [-0.15, -0.1) is 0 Å². The first kappa shape index (κ1) is 17.6. The van der Waals surface area contributed by atoms with E-state index in [1.165, 1.54) is 7.11 Å². The van der Waals surface area contributed by atoms with E-state index in [0.29, 0.717) is 17.1 Å². The third kappa shape index (κ3) is 1.54. The van der Waals surface area contributed by atoms with Crippen LogP contribution in [0.5, 0.6) is 11.5 Å². The van der Waals surface area contributed by atoms with Gasteiger partial charge in [-0.3, -0.25) is 0 Å². The molecule has 8 heteroatoms. The Morgan fingerprint density at radius 1 is 1.26 bits per heavy atom. The quantitative estimate of drug-likeness (QED) is 0.856. The zero-order chi connectivity index (χ0) is 19.7. The van der Waals surface area contributed by atoms with Gasteiger partial charge in [-0.05, 0) is 25.1 Å². The Balaban J connectivity index is 2.02. The molecule has 1 saturated heterocycles. The van der Waals surface area contributed by atoms with E-state index in [4.69, 9.17) is 24.7 Å². The molecule has 1 spiro atoms. The normalized spacial score (nSPS) is 41.4. The highest BCUT2D eigenvalue weighted by Crippen LogP contribution is 2.86. The maximum atomic E-state index is 10.3. The lowest BCUT2D eigenvalue weighted by Gasteiger charge is -2.30. The van der Waals surface area contributed by atoms with Crippen LogP contribution in [0.4, 0.5) is 0 Å². The maximum Gasteiger partial charge on any atom is 0.294 e. The number of fused-ring (bicyclic) bond motifs is 2. The van der Waals surface area contributed by atoms with Gasteiger partial charge in [0.05, 0.1) is 44.5 Å². The van der Waals surface area contributed by atoms with Crippen molar-refractivity contribution in [2.24, 2.45) is 21.6 Å². The third-order valence-electron chi connectivity index (χ3n) is 6.28. The molecule has 0 amide bonds. The topological polar surface area (TPSA) is 123 Å². The van der Waals surface area contributed by atoms with Gasteiger partial charge in [-0.2, -0.15) is 10.5 Å². The summed E-state index contributed by atoms with van der Waals surface area (Å²) in [4.78, 5) is 4.34. The van der Waals surface area contributed by atoms with Crippen LogP contribution in [0.15, 0.2) is 23.2 Å². The standard InChI is InChI=1S/C19H20N4O4/c1-11-8-26-19(27-11)18(10-21)16(2,17(18,9-20)15(22)23-19)13-7-12(24-3)5-6-14(13)25-4/h5-7,11H,8H2,1-4H3,(H2,22,23)/t11-,16+,17+,18-,19-/m1/s1. The molecule has 1 aliphatic carbocycles. The average Bonchev–Trinajstić information content (AvgIpc) is 2.85. The highest BCUT2D eigenvalue weighted by molar-refractivity contribution is 6.02. The second kappa shape index (κ2) is 5.13. The number of rotatable bonds is 3. The van der Waals surface area contributed by atoms with Crippen molar-refractivity contribution >= 4 is 5.84 Å². The van der Waals surface area contributed by atoms with E-state index in [0.717, 1.165) is 0 Å². The van der Waals surface area contributed by atoms with Gasteiger partial charge in [-0.25, -0.2) is 4.99 Å². The summed E-state index contributed by atoms with van der Waals surface area (Å²) in [5.74, 6) is -0.493. The number of amidine groups is 1. The Hall–Kier alpha value is -2.81. The number of benzene rings is 1. The van der Waals surface area contributed by atoms with Gasteiger partial charge < -0.3 is 24.7 Å². The molecule has 2 fully saturated rings. The minimum atomic E-state index is -1.62. The van der Waals surface area contributed by atoms with Crippen LogP contribution in [-0.4, -0.2) is 38.7 Å². The number of nitriles is 2. The van der Waals surface area contributed by atoms with Crippen LogP contribution in [0.1, 0.15) is 19.4 Å². The molecule has 0 bridgehead atoms. The average molecular weight is 368 g/mol. The lowest BCUT2D eigenvalue weighted by atomic mass is 9.84. The summed E-state index contributed by atoms with van der Waals surface area (Å²) in [6.45, 7) is 3.88. The molecular formula is C19H20N4O4. The van der Waals surface area contributed by atoms with E-state index in [-0.39, 0.29) is 18.5 Å². The van der Waals surface area contributed by atoms with E-state index >= 15 is 0 Å². The molecule has 3 aliphatic rings. The molecular weight excluding hydrogens is 348 g/mol. The monoisotopic (exact) mass is 368 g/mol. The molecule has 5 atom stereocenters. The van der Waals surface area contributed by atoms with Crippen molar-refractivity contribution in [3.63, 3.8) is 0 Å². The first-order chi connectivity index (χ1) is 12.8. The van der Waals surface area contributed by atoms with Gasteiger partial charge in [0, 0.05) is 5.56 Å². The summed E-state index contributed by atoms with van der Waals surface area (Å²) in [5, 5.41) is 20.5. The molecule has 4 rings (SSSR count). The van der Waals surface area contributed by atoms with Crippen LogP contribution in [-0.2, 0) is 14.9 Å². The smallest absolute Gasteiger partial charge is 0.294 e. The lowest BCUT2D eigenvalue weighted by Crippen LogP contribution is -2.42. The predicted octanol–water partition coefficient (Wildman–Crippen LogP) is 1.45. The zero-order valence-electron chi connectivity index (χ0n) is 15.6. The van der Waals surface area contributed by atoms with E-state index in [1.807, 2.05) is 6.92 Å². The Morgan fingerprint density at radius 2 is 2.00 bits per heavy atom. The van der Waals surface area contributed by atoms with E-state index in [9.17, 15) is 10.5 Å². The van der Waals surface area contributed by atoms with Gasteiger partial charge >= 0.3 is 0 Å². The molecule has 0 radical (unpaired) electrons. The molecule has 2 N–H and O–H groups in total. The van der Waals surface area contributed by atoms with Crippen molar-refractivity contribution in [2.75, 3.05) is 20.8 Å². The number of aliphatic imine (C=N–C) groups is 1. The second-order valence-corrected chi connectivity index (χ2v) is 7.23. The van der Waals surface area contributed by atoms with Crippen molar-refractivity contribution < 1.29 is 18.9 Å². The fourth-order valence-electron chi connectivity index (χ4n) is 5.00. The third-order valence-corrected chi connectivity index (χ3v) is 6.28. The lowest BCUT2D eigenvalue weighted by molar-refractivity contribution is -0.196. The minimum Gasteiger partial charge on any atom is -0.497 e. The summed E-state index contributed by atoms with van der Waals surface area (Å²) in [6, 6.07) is 9.82. The van der Waals surface area contributed by atoms with Gasteiger partial charge in [0.25, 0.3) is 5.91 Å². The summed E-state index contributed by atoms with van der Waals surface area (Å²) >= 11 is 0. The molecule has 140 valence electrons. The maximum absolute atomic E-state index is 10.3. The SMILES string of the molecule is COc1ccc(OC)c([C@@]2(C)[C@]3(C#N)C(N)=N[C@@]4(OC[C@@H](C)O4)[C@@]32C#N)c1. The molecule has 1 aromatic rings. The summed E-state index contributed by atoms with van der Waals surface area (Å²) in [6.07, 6.45) is -0.279. The summed E-state index contributed by atoms with van der Waals surface area (Å²) in [7, 11) is 3.08. The van der Waals surface area contributed by atoms with Crippen LogP contribution >= 0.6 is 0 Å². The molecule has 1 saturated carbocycles. The molecule has 2 aliphatic heterocycles. The Bertz CT molecular complexity index is 950. The fourth-order valence-corrected chi connectivity index (χ4v) is 5.00. The van der Waals surface area contributed by atoms with Crippen LogP contribution in [0.25, 0.3) is 0 Å². The Labute approximate surface area is 157 Å². The van der Waals surface area contributed by atoms with E-state index in [1.54, 1.807) is 32.2 Å². The molecule has 8 nitrogen and oxygen atoms in total. The number of methoxy groups -OCH3 is 2. The molecule has 0 aromatic heterocycles. The van der Waals surface area contributed by atoms with Gasteiger partial charge in [0.2, 0.25) is 0 Å². The zero-order valence-corrected chi connectivity index (χ0v) is 15.6. The van der Waals surface area contributed by atoms with Gasteiger partial charge in [0.15, 0.2) is 10.8 Å². The van der Waals surface area contributed by atoms with Crippen molar-refractivity contribution in [3.05, 3.63) is 23.8 Å². The van der Waals surface area contributed by atoms with Gasteiger partial charge in [-0.1, -0.05) is 6.92 Å².